The second-order valence-electron chi connectivity index (χ2n) is 8.13. The predicted molar refractivity (Wildman–Crippen MR) is 123 cm³/mol. The van der Waals surface area contributed by atoms with Crippen LogP contribution in [-0.2, 0) is 9.53 Å². The number of benzene rings is 2. The molecule has 0 radical (unpaired) electrons. The van der Waals surface area contributed by atoms with Crippen molar-refractivity contribution in [3.63, 3.8) is 0 Å². The molecule has 5 heteroatoms. The standard InChI is InChI=1S/C26H29NO4/c1-14-8-10-20(12-16(14)3)22-19(6)27(21-11-9-15(2)17(4)13-21)23(18(5)24(22)28)25(29)26(30)31-7/h8-13,25,29H,1-7H3. The third-order valence-electron chi connectivity index (χ3n) is 6.12. The number of esters is 1. The molecule has 31 heavy (non-hydrogen) atoms. The van der Waals surface area contributed by atoms with Gasteiger partial charge in [0.2, 0.25) is 0 Å². The number of pyridine rings is 1. The molecule has 1 atom stereocenters. The molecule has 0 amide bonds. The van der Waals surface area contributed by atoms with Gasteiger partial charge >= 0.3 is 5.97 Å². The van der Waals surface area contributed by atoms with Crippen molar-refractivity contribution in [2.75, 3.05) is 7.11 Å². The summed E-state index contributed by atoms with van der Waals surface area (Å²) in [5.74, 6) is -0.807. The topological polar surface area (TPSA) is 68.5 Å². The van der Waals surface area contributed by atoms with Gasteiger partial charge < -0.3 is 14.4 Å². The highest BCUT2D eigenvalue weighted by Gasteiger charge is 2.28. The van der Waals surface area contributed by atoms with E-state index in [0.29, 0.717) is 16.8 Å². The Hall–Kier alpha value is -3.18. The number of aryl methyl sites for hydroxylation is 4. The lowest BCUT2D eigenvalue weighted by Crippen LogP contribution is -2.27. The first-order chi connectivity index (χ1) is 14.6. The van der Waals surface area contributed by atoms with E-state index in [2.05, 4.69) is 0 Å². The van der Waals surface area contributed by atoms with E-state index < -0.39 is 12.1 Å². The molecule has 0 fully saturated rings. The highest BCUT2D eigenvalue weighted by atomic mass is 16.5. The number of aliphatic hydroxyl groups excluding tert-OH is 1. The number of ether oxygens (including phenoxy) is 1. The summed E-state index contributed by atoms with van der Waals surface area (Å²) in [6, 6.07) is 11.8. The van der Waals surface area contributed by atoms with Crippen molar-refractivity contribution in [1.82, 2.24) is 4.57 Å². The summed E-state index contributed by atoms with van der Waals surface area (Å²) in [4.78, 5) is 25.7. The van der Waals surface area contributed by atoms with Crippen LogP contribution in [0.15, 0.2) is 41.2 Å². The minimum Gasteiger partial charge on any atom is -0.467 e. The number of rotatable bonds is 4. The van der Waals surface area contributed by atoms with E-state index in [4.69, 9.17) is 4.74 Å². The van der Waals surface area contributed by atoms with Gasteiger partial charge in [-0.2, -0.15) is 0 Å². The van der Waals surface area contributed by atoms with Gasteiger partial charge in [0.15, 0.2) is 11.5 Å². The van der Waals surface area contributed by atoms with Crippen LogP contribution in [0.2, 0.25) is 0 Å². The smallest absolute Gasteiger partial charge is 0.340 e. The van der Waals surface area contributed by atoms with Crippen molar-refractivity contribution in [2.45, 2.75) is 47.6 Å². The van der Waals surface area contributed by atoms with Crippen LogP contribution in [0.1, 0.15) is 45.3 Å². The lowest BCUT2D eigenvalue weighted by atomic mass is 9.95. The molecule has 5 nitrogen and oxygen atoms in total. The van der Waals surface area contributed by atoms with Crippen molar-refractivity contribution >= 4 is 5.97 Å². The quantitative estimate of drug-likeness (QED) is 0.630. The number of carbonyl (C=O) groups excluding carboxylic acids is 1. The highest BCUT2D eigenvalue weighted by molar-refractivity contribution is 5.78. The molecule has 3 rings (SSSR count). The number of aliphatic hydroxyl groups is 1. The molecule has 1 aromatic heterocycles. The molecule has 1 N–H and O–H groups in total. The minimum absolute atomic E-state index is 0.209. The third kappa shape index (κ3) is 3.93. The Bertz CT molecular complexity index is 1240. The van der Waals surface area contributed by atoms with Crippen LogP contribution in [-0.4, -0.2) is 22.8 Å². The Morgan fingerprint density at radius 2 is 1.48 bits per heavy atom. The summed E-state index contributed by atoms with van der Waals surface area (Å²) in [5, 5.41) is 10.8. The largest absolute Gasteiger partial charge is 0.467 e. The van der Waals surface area contributed by atoms with Gasteiger partial charge in [-0.05, 0) is 81.5 Å². The summed E-state index contributed by atoms with van der Waals surface area (Å²) in [6.07, 6.45) is -1.58. The van der Waals surface area contributed by atoms with E-state index in [9.17, 15) is 14.7 Å². The van der Waals surface area contributed by atoms with Gasteiger partial charge in [0.25, 0.3) is 0 Å². The van der Waals surface area contributed by atoms with E-state index in [1.807, 2.05) is 71.0 Å². The molecule has 0 aliphatic rings. The molecule has 0 saturated heterocycles. The van der Waals surface area contributed by atoms with Gasteiger partial charge in [-0.25, -0.2) is 4.79 Å². The maximum atomic E-state index is 13.5. The summed E-state index contributed by atoms with van der Waals surface area (Å²) >= 11 is 0. The molecule has 0 spiro atoms. The van der Waals surface area contributed by atoms with Crippen LogP contribution in [0.4, 0.5) is 0 Å². The van der Waals surface area contributed by atoms with Gasteiger partial charge in [-0.15, -0.1) is 0 Å². The molecule has 1 heterocycles. The first-order valence-electron chi connectivity index (χ1n) is 10.3. The first kappa shape index (κ1) is 22.5. The molecular weight excluding hydrogens is 390 g/mol. The number of aromatic nitrogens is 1. The van der Waals surface area contributed by atoms with E-state index in [0.717, 1.165) is 33.5 Å². The average molecular weight is 420 g/mol. The molecule has 162 valence electrons. The van der Waals surface area contributed by atoms with Crippen molar-refractivity contribution < 1.29 is 14.6 Å². The van der Waals surface area contributed by atoms with Gasteiger partial charge in [0, 0.05) is 22.5 Å². The van der Waals surface area contributed by atoms with Gasteiger partial charge in [-0.1, -0.05) is 24.3 Å². The lowest BCUT2D eigenvalue weighted by molar-refractivity contribution is -0.151. The molecule has 2 aromatic carbocycles. The number of carbonyl (C=O) groups is 1. The summed E-state index contributed by atoms with van der Waals surface area (Å²) in [6.45, 7) is 11.6. The minimum atomic E-state index is -1.58. The second kappa shape index (κ2) is 8.52. The van der Waals surface area contributed by atoms with Crippen molar-refractivity contribution in [1.29, 1.82) is 0 Å². The Balaban J connectivity index is 2.45. The SMILES string of the molecule is COC(=O)C(O)c1c(C)c(=O)c(-c2ccc(C)c(C)c2)c(C)n1-c1ccc(C)c(C)c1. The number of hydrogen-bond donors (Lipinski definition) is 1. The monoisotopic (exact) mass is 419 g/mol. The van der Waals surface area contributed by atoms with Crippen LogP contribution in [0.25, 0.3) is 16.8 Å². The lowest BCUT2D eigenvalue weighted by Gasteiger charge is -2.25. The Kier molecular flexibility index (Phi) is 6.18. The fourth-order valence-corrected chi connectivity index (χ4v) is 3.91. The van der Waals surface area contributed by atoms with E-state index in [1.165, 1.54) is 7.11 Å². The maximum absolute atomic E-state index is 13.5. The molecule has 0 saturated carbocycles. The molecule has 0 bridgehead atoms. The van der Waals surface area contributed by atoms with Gasteiger partial charge in [0.05, 0.1) is 12.8 Å². The predicted octanol–water partition coefficient (Wildman–Crippen LogP) is 4.56. The second-order valence-corrected chi connectivity index (χ2v) is 8.13. The summed E-state index contributed by atoms with van der Waals surface area (Å²) in [7, 11) is 1.22. The van der Waals surface area contributed by atoms with Crippen LogP contribution in [0.3, 0.4) is 0 Å². The van der Waals surface area contributed by atoms with Crippen molar-refractivity contribution in [2.24, 2.45) is 0 Å². The molecule has 1 unspecified atom stereocenters. The van der Waals surface area contributed by atoms with Crippen LogP contribution in [0, 0.1) is 41.5 Å². The Labute approximate surface area is 182 Å². The zero-order valence-electron chi connectivity index (χ0n) is 19.2. The van der Waals surface area contributed by atoms with Crippen molar-refractivity contribution in [3.8, 4) is 16.8 Å². The maximum Gasteiger partial charge on any atom is 0.340 e. The fourth-order valence-electron chi connectivity index (χ4n) is 3.91. The summed E-state index contributed by atoms with van der Waals surface area (Å²) < 4.78 is 6.58. The zero-order chi connectivity index (χ0) is 23.0. The fraction of sp³-hybridized carbons (Fsp3) is 0.308. The number of methoxy groups -OCH3 is 1. The van der Waals surface area contributed by atoms with Gasteiger partial charge in [-0.3, -0.25) is 4.79 Å². The normalized spacial score (nSPS) is 12.0. The molecular formula is C26H29NO4. The van der Waals surface area contributed by atoms with E-state index in [1.54, 1.807) is 11.5 Å². The number of hydrogen-bond acceptors (Lipinski definition) is 4. The van der Waals surface area contributed by atoms with Crippen molar-refractivity contribution in [3.05, 3.63) is 85.8 Å². The molecule has 3 aromatic rings. The molecule has 0 aliphatic heterocycles. The zero-order valence-corrected chi connectivity index (χ0v) is 19.2. The van der Waals surface area contributed by atoms with Crippen LogP contribution in [0.5, 0.6) is 0 Å². The van der Waals surface area contributed by atoms with E-state index >= 15 is 0 Å². The number of nitrogens with zero attached hydrogens (tertiary/aromatic N) is 1. The molecule has 0 aliphatic carbocycles. The highest BCUT2D eigenvalue weighted by Crippen LogP contribution is 2.30. The Morgan fingerprint density at radius 3 is 2.03 bits per heavy atom. The first-order valence-corrected chi connectivity index (χ1v) is 10.3. The van der Waals surface area contributed by atoms with Gasteiger partial charge in [0.1, 0.15) is 0 Å². The summed E-state index contributed by atoms with van der Waals surface area (Å²) in [5.41, 5.74) is 7.55. The van der Waals surface area contributed by atoms with Crippen LogP contribution >= 0.6 is 0 Å². The average Bonchev–Trinajstić information content (AvgIpc) is 2.74. The van der Waals surface area contributed by atoms with Crippen LogP contribution < -0.4 is 5.43 Å². The Morgan fingerprint density at radius 1 is 0.903 bits per heavy atom. The third-order valence-corrected chi connectivity index (χ3v) is 6.12. The van der Waals surface area contributed by atoms with E-state index in [-0.39, 0.29) is 11.1 Å².